The number of phenolic OH excluding ortho intramolecular Hbond substituents is 1. The van der Waals surface area contributed by atoms with Gasteiger partial charge in [0.25, 0.3) is 0 Å². The molecule has 0 aromatic heterocycles. The number of aromatic hydroxyl groups is 1. The van der Waals surface area contributed by atoms with Gasteiger partial charge in [-0.3, -0.25) is 9.69 Å². The van der Waals surface area contributed by atoms with Crippen LogP contribution in [0.25, 0.3) is 0 Å². The first-order valence-electron chi connectivity index (χ1n) is 9.18. The molecular weight excluding hydrogens is 344 g/mol. The second-order valence-corrected chi connectivity index (χ2v) is 7.12. The molecule has 0 unspecified atom stereocenters. The molecular formula is C21H26N2O4. The van der Waals surface area contributed by atoms with Gasteiger partial charge in [0.1, 0.15) is 18.0 Å². The molecule has 2 N–H and O–H groups in total. The summed E-state index contributed by atoms with van der Waals surface area (Å²) in [5.74, 6) is 0.116. The van der Waals surface area contributed by atoms with Crippen LogP contribution in [0.4, 0.5) is 0 Å². The van der Waals surface area contributed by atoms with Crippen molar-refractivity contribution in [2.45, 2.75) is 13.0 Å². The molecule has 6 heteroatoms. The van der Waals surface area contributed by atoms with Crippen LogP contribution in [-0.4, -0.2) is 56.1 Å². The standard InChI is InChI=1S/C21H26N2O4/c1-22-9-11-23(12-10-22)14-18-19(24)8-7-17(21(18)26)20(25)13-15-3-5-16(27-2)6-4-15/h3-8,24,26H,9-14H2,1-2H3. The van der Waals surface area contributed by atoms with Crippen molar-refractivity contribution in [3.8, 4) is 17.2 Å². The van der Waals surface area contributed by atoms with E-state index in [1.165, 1.54) is 17.0 Å². The third kappa shape index (κ3) is 4.59. The van der Waals surface area contributed by atoms with Crippen molar-refractivity contribution >= 4 is 5.78 Å². The number of hydrogen-bond acceptors (Lipinski definition) is 5. The van der Waals surface area contributed by atoms with E-state index >= 15 is 0 Å². The average molecular weight is 370 g/mol. The van der Waals surface area contributed by atoms with E-state index in [9.17, 15) is 15.0 Å². The summed E-state index contributed by atoms with van der Waals surface area (Å²) < 4.78 is 5.12. The third-order valence-corrected chi connectivity index (χ3v) is 5.18. The normalized spacial score (nSPS) is 15.6. The van der Waals surface area contributed by atoms with Gasteiger partial charge in [0.2, 0.25) is 0 Å². The second kappa shape index (κ2) is 8.41. The topological polar surface area (TPSA) is 77.3 Å². The lowest BCUT2D eigenvalue weighted by Gasteiger charge is -2.31. The van der Waals surface area contributed by atoms with Crippen LogP contribution in [0.1, 0.15) is 21.5 Å². The fraction of sp³-hybridized carbons (Fsp3) is 0.381. The fourth-order valence-corrected chi connectivity index (χ4v) is 3.39. The minimum absolute atomic E-state index is 0.0209. The van der Waals surface area contributed by atoms with E-state index in [4.69, 9.17) is 4.74 Å². The van der Waals surface area contributed by atoms with Crippen LogP contribution < -0.4 is 14.7 Å². The third-order valence-electron chi connectivity index (χ3n) is 5.18. The summed E-state index contributed by atoms with van der Waals surface area (Å²) in [5, 5.41) is 23.0. The minimum atomic E-state index is -0.347. The highest BCUT2D eigenvalue weighted by molar-refractivity contribution is 6.00. The number of hydrogen-bond donors (Lipinski definition) is 2. The van der Waals surface area contributed by atoms with Gasteiger partial charge in [0.05, 0.1) is 20.2 Å². The van der Waals surface area contributed by atoms with E-state index in [2.05, 4.69) is 11.9 Å². The second-order valence-electron chi connectivity index (χ2n) is 7.12. The van der Waals surface area contributed by atoms with Crippen molar-refractivity contribution in [3.05, 3.63) is 53.1 Å². The molecule has 1 aliphatic rings. The first-order chi connectivity index (χ1) is 13.0. The summed E-state index contributed by atoms with van der Waals surface area (Å²) in [6.07, 6.45) is 0.144. The number of ether oxygens (including phenoxy) is 1. The summed E-state index contributed by atoms with van der Waals surface area (Å²) >= 11 is 0. The van der Waals surface area contributed by atoms with Crippen LogP contribution in [0.5, 0.6) is 17.2 Å². The summed E-state index contributed by atoms with van der Waals surface area (Å²) in [7, 11) is 3.66. The molecule has 3 rings (SSSR count). The molecule has 0 aliphatic carbocycles. The maximum Gasteiger partial charge on any atom is 0.166 e. The predicted octanol–water partition coefficient (Wildman–Crippen LogP) is 0.230. The number of nitrogens with zero attached hydrogens (tertiary/aromatic N) is 1. The van der Waals surface area contributed by atoms with E-state index in [1.54, 1.807) is 19.2 Å². The Hall–Kier alpha value is -2.57. The Balaban J connectivity index is 1.76. The van der Waals surface area contributed by atoms with Crippen molar-refractivity contribution in [3.63, 3.8) is 0 Å². The number of carbonyl (C=O) groups excluding carboxylic acids is 1. The van der Waals surface area contributed by atoms with Crippen LogP contribution in [0, 0.1) is 0 Å². The van der Waals surface area contributed by atoms with Gasteiger partial charge in [-0.15, -0.1) is 0 Å². The van der Waals surface area contributed by atoms with Gasteiger partial charge in [0, 0.05) is 30.6 Å². The van der Waals surface area contributed by atoms with Crippen molar-refractivity contribution in [2.75, 3.05) is 40.3 Å². The predicted molar refractivity (Wildman–Crippen MR) is 100 cm³/mol. The van der Waals surface area contributed by atoms with Crippen molar-refractivity contribution < 1.29 is 24.6 Å². The van der Waals surface area contributed by atoms with Crippen molar-refractivity contribution in [2.24, 2.45) is 0 Å². The molecule has 0 atom stereocenters. The van der Waals surface area contributed by atoms with Crippen LogP contribution in [0.15, 0.2) is 36.4 Å². The highest BCUT2D eigenvalue weighted by Gasteiger charge is 2.21. The van der Waals surface area contributed by atoms with Gasteiger partial charge in [-0.05, 0) is 36.9 Å². The number of phenols is 1. The summed E-state index contributed by atoms with van der Waals surface area (Å²) in [6.45, 7) is 4.20. The number of quaternary nitrogens is 1. The van der Waals surface area contributed by atoms with Crippen LogP contribution in [-0.2, 0) is 13.0 Å². The smallest absolute Gasteiger partial charge is 0.166 e. The SMILES string of the molecule is COc1ccc(CC(=O)c2ccc(O)c(C[NH+]3CCN(C)CC3)c2[O-])cc1. The van der Waals surface area contributed by atoms with Crippen molar-refractivity contribution in [1.82, 2.24) is 4.90 Å². The Bertz CT molecular complexity index is 797. The zero-order valence-corrected chi connectivity index (χ0v) is 15.8. The summed E-state index contributed by atoms with van der Waals surface area (Å²) in [5.41, 5.74) is 1.31. The number of Topliss-reactive ketones (excluding diaryl/α,β-unsaturated/α-hetero) is 1. The lowest BCUT2D eigenvalue weighted by atomic mass is 9.99. The summed E-state index contributed by atoms with van der Waals surface area (Å²) in [4.78, 5) is 16.2. The number of ketones is 1. The minimum Gasteiger partial charge on any atom is -0.872 e. The largest absolute Gasteiger partial charge is 0.872 e. The highest BCUT2D eigenvalue weighted by Crippen LogP contribution is 2.29. The van der Waals surface area contributed by atoms with Gasteiger partial charge in [-0.2, -0.15) is 0 Å². The van der Waals surface area contributed by atoms with E-state index in [-0.39, 0.29) is 29.3 Å². The zero-order chi connectivity index (χ0) is 19.4. The molecule has 0 radical (unpaired) electrons. The first-order valence-corrected chi connectivity index (χ1v) is 9.18. The van der Waals surface area contributed by atoms with Gasteiger partial charge in [0.15, 0.2) is 5.78 Å². The number of methoxy groups -OCH3 is 1. The Morgan fingerprint density at radius 1 is 1.19 bits per heavy atom. The molecule has 0 spiro atoms. The molecule has 2 aromatic carbocycles. The molecule has 0 amide bonds. The highest BCUT2D eigenvalue weighted by atomic mass is 16.5. The number of likely N-dealkylation sites (N-methyl/N-ethyl adjacent to an activating group) is 1. The fourth-order valence-electron chi connectivity index (χ4n) is 3.39. The van der Waals surface area contributed by atoms with Gasteiger partial charge >= 0.3 is 0 Å². The molecule has 0 saturated carbocycles. The maximum absolute atomic E-state index is 12.8. The first kappa shape index (κ1) is 19.2. The molecule has 1 aliphatic heterocycles. The Morgan fingerprint density at radius 3 is 2.48 bits per heavy atom. The van der Waals surface area contributed by atoms with Gasteiger partial charge in [-0.25, -0.2) is 0 Å². The molecule has 27 heavy (non-hydrogen) atoms. The Labute approximate surface area is 159 Å². The molecule has 1 fully saturated rings. The number of nitrogens with one attached hydrogen (secondary N) is 1. The number of piperazine rings is 1. The molecule has 6 nitrogen and oxygen atoms in total. The van der Waals surface area contributed by atoms with E-state index in [0.717, 1.165) is 37.5 Å². The van der Waals surface area contributed by atoms with Crippen LogP contribution in [0.2, 0.25) is 0 Å². The molecule has 144 valence electrons. The quantitative estimate of drug-likeness (QED) is 0.712. The lowest BCUT2D eigenvalue weighted by molar-refractivity contribution is -0.918. The number of rotatable bonds is 6. The Morgan fingerprint density at radius 2 is 1.85 bits per heavy atom. The van der Waals surface area contributed by atoms with Crippen LogP contribution >= 0.6 is 0 Å². The Kier molecular flexibility index (Phi) is 5.98. The summed E-state index contributed by atoms with van der Waals surface area (Å²) in [6, 6.07) is 10.1. The number of carbonyl (C=O) groups is 1. The average Bonchev–Trinajstić information content (AvgIpc) is 2.67. The van der Waals surface area contributed by atoms with Crippen molar-refractivity contribution in [1.29, 1.82) is 0 Å². The van der Waals surface area contributed by atoms with Gasteiger partial charge in [-0.1, -0.05) is 17.9 Å². The van der Waals surface area contributed by atoms with Crippen LogP contribution in [0.3, 0.4) is 0 Å². The molecule has 2 aromatic rings. The molecule has 1 heterocycles. The zero-order valence-electron chi connectivity index (χ0n) is 15.8. The van der Waals surface area contributed by atoms with Gasteiger partial charge < -0.3 is 19.8 Å². The van der Waals surface area contributed by atoms with E-state index in [1.807, 2.05) is 12.1 Å². The van der Waals surface area contributed by atoms with E-state index < -0.39 is 0 Å². The maximum atomic E-state index is 12.8. The monoisotopic (exact) mass is 370 g/mol. The molecule has 0 bridgehead atoms. The number of benzene rings is 2. The van der Waals surface area contributed by atoms with E-state index in [0.29, 0.717) is 12.1 Å². The lowest BCUT2D eigenvalue weighted by Crippen LogP contribution is -3.13. The molecule has 1 saturated heterocycles.